The Morgan fingerprint density at radius 2 is 1.67 bits per heavy atom. The van der Waals surface area contributed by atoms with Crippen molar-refractivity contribution in [3.63, 3.8) is 0 Å². The molecule has 1 saturated heterocycles. The quantitative estimate of drug-likeness (QED) is 0.750. The number of ketones is 1. The fourth-order valence-corrected chi connectivity index (χ4v) is 3.13. The number of likely N-dealkylation sites (tertiary alicyclic amines) is 1. The minimum absolute atomic E-state index is 0.258. The minimum atomic E-state index is 0.258. The van der Waals surface area contributed by atoms with E-state index in [9.17, 15) is 4.79 Å². The zero-order chi connectivity index (χ0) is 15.4. The van der Waals surface area contributed by atoms with Gasteiger partial charge in [0.2, 0.25) is 0 Å². The number of Topliss-reactive ketones (excluding diaryl/α,β-unsaturated/α-hetero) is 1. The van der Waals surface area contributed by atoms with Crippen molar-refractivity contribution in [1.82, 2.24) is 4.90 Å². The zero-order valence-electron chi connectivity index (χ0n) is 13.9. The van der Waals surface area contributed by atoms with Gasteiger partial charge in [0.1, 0.15) is 0 Å². The molecule has 0 spiro atoms. The van der Waals surface area contributed by atoms with E-state index in [0.717, 1.165) is 30.5 Å². The van der Waals surface area contributed by atoms with Crippen LogP contribution in [0.3, 0.4) is 0 Å². The van der Waals surface area contributed by atoms with Crippen LogP contribution in [0.4, 0.5) is 0 Å². The maximum Gasteiger partial charge on any atom is 0.176 e. The zero-order valence-corrected chi connectivity index (χ0v) is 13.9. The number of carbonyl (C=O) groups excluding carboxylic acids is 1. The first-order valence-electron chi connectivity index (χ1n) is 8.33. The number of hydrogen-bond donors (Lipinski definition) is 0. The number of rotatable bonds is 5. The van der Waals surface area contributed by atoms with Crippen LogP contribution in [0.5, 0.6) is 0 Å². The highest BCUT2D eigenvalue weighted by molar-refractivity contribution is 5.97. The third kappa shape index (κ3) is 4.41. The highest BCUT2D eigenvalue weighted by Crippen LogP contribution is 2.24. The molecular formula is C19H29NO. The van der Waals surface area contributed by atoms with E-state index in [1.165, 1.54) is 18.4 Å². The molecule has 0 atom stereocenters. The smallest absolute Gasteiger partial charge is 0.176 e. The SMILES string of the molecule is CC(C)c1ccc(C(=O)CN2CCC(C(C)C)CC2)cc1. The Labute approximate surface area is 129 Å². The monoisotopic (exact) mass is 287 g/mol. The van der Waals surface area contributed by atoms with Crippen molar-refractivity contribution in [3.05, 3.63) is 35.4 Å². The van der Waals surface area contributed by atoms with Crippen molar-refractivity contribution in [3.8, 4) is 0 Å². The topological polar surface area (TPSA) is 20.3 Å². The van der Waals surface area contributed by atoms with Gasteiger partial charge < -0.3 is 0 Å². The highest BCUT2D eigenvalue weighted by Gasteiger charge is 2.23. The molecule has 0 unspecified atom stereocenters. The highest BCUT2D eigenvalue weighted by atomic mass is 16.1. The van der Waals surface area contributed by atoms with E-state index in [2.05, 4.69) is 44.7 Å². The Kier molecular flexibility index (Phi) is 5.58. The normalized spacial score (nSPS) is 17.6. The molecule has 0 N–H and O–H groups in total. The van der Waals surface area contributed by atoms with E-state index in [4.69, 9.17) is 0 Å². The van der Waals surface area contributed by atoms with E-state index in [1.807, 2.05) is 12.1 Å². The van der Waals surface area contributed by atoms with Crippen molar-refractivity contribution in [2.75, 3.05) is 19.6 Å². The van der Waals surface area contributed by atoms with Crippen molar-refractivity contribution >= 4 is 5.78 Å². The maximum absolute atomic E-state index is 12.4. The summed E-state index contributed by atoms with van der Waals surface area (Å²) >= 11 is 0. The Morgan fingerprint density at radius 1 is 1.10 bits per heavy atom. The minimum Gasteiger partial charge on any atom is -0.296 e. The maximum atomic E-state index is 12.4. The van der Waals surface area contributed by atoms with Gasteiger partial charge in [-0.3, -0.25) is 9.69 Å². The van der Waals surface area contributed by atoms with Crippen LogP contribution in [-0.4, -0.2) is 30.3 Å². The molecule has 0 bridgehead atoms. The van der Waals surface area contributed by atoms with Gasteiger partial charge in [-0.1, -0.05) is 52.0 Å². The molecule has 0 saturated carbocycles. The van der Waals surface area contributed by atoms with Crippen LogP contribution < -0.4 is 0 Å². The molecule has 21 heavy (non-hydrogen) atoms. The van der Waals surface area contributed by atoms with E-state index < -0.39 is 0 Å². The number of benzene rings is 1. The van der Waals surface area contributed by atoms with Crippen molar-refractivity contribution in [2.24, 2.45) is 11.8 Å². The lowest BCUT2D eigenvalue weighted by Crippen LogP contribution is -2.38. The largest absolute Gasteiger partial charge is 0.296 e. The van der Waals surface area contributed by atoms with Gasteiger partial charge in [0.05, 0.1) is 6.54 Å². The van der Waals surface area contributed by atoms with Gasteiger partial charge in [-0.15, -0.1) is 0 Å². The fraction of sp³-hybridized carbons (Fsp3) is 0.632. The molecule has 2 nitrogen and oxygen atoms in total. The van der Waals surface area contributed by atoms with Gasteiger partial charge in [-0.05, 0) is 49.2 Å². The Morgan fingerprint density at radius 3 is 2.14 bits per heavy atom. The Bertz CT molecular complexity index is 453. The molecular weight excluding hydrogens is 258 g/mol. The average molecular weight is 287 g/mol. The van der Waals surface area contributed by atoms with Gasteiger partial charge >= 0.3 is 0 Å². The van der Waals surface area contributed by atoms with E-state index in [-0.39, 0.29) is 5.78 Å². The third-order valence-corrected chi connectivity index (χ3v) is 4.84. The molecule has 1 heterocycles. The van der Waals surface area contributed by atoms with E-state index >= 15 is 0 Å². The number of nitrogens with zero attached hydrogens (tertiary/aromatic N) is 1. The molecule has 116 valence electrons. The number of hydrogen-bond acceptors (Lipinski definition) is 2. The lowest BCUT2D eigenvalue weighted by atomic mass is 9.86. The van der Waals surface area contributed by atoms with Crippen LogP contribution in [-0.2, 0) is 0 Å². The molecule has 0 aliphatic carbocycles. The number of piperidine rings is 1. The van der Waals surface area contributed by atoms with Gasteiger partial charge in [0.25, 0.3) is 0 Å². The van der Waals surface area contributed by atoms with Gasteiger partial charge in [-0.2, -0.15) is 0 Å². The predicted molar refractivity (Wildman–Crippen MR) is 88.9 cm³/mol. The first kappa shape index (κ1) is 16.2. The third-order valence-electron chi connectivity index (χ3n) is 4.84. The second-order valence-electron chi connectivity index (χ2n) is 7.06. The van der Waals surface area contributed by atoms with E-state index in [0.29, 0.717) is 12.5 Å². The molecule has 0 radical (unpaired) electrons. The standard InChI is InChI=1S/C19H29NO/c1-14(2)16-5-7-18(8-6-16)19(21)13-20-11-9-17(10-12-20)15(3)4/h5-8,14-15,17H,9-13H2,1-4H3. The van der Waals surface area contributed by atoms with Crippen molar-refractivity contribution < 1.29 is 4.79 Å². The summed E-state index contributed by atoms with van der Waals surface area (Å²) in [4.78, 5) is 14.7. The predicted octanol–water partition coefficient (Wildman–Crippen LogP) is 4.36. The summed E-state index contributed by atoms with van der Waals surface area (Å²) < 4.78 is 0. The molecule has 2 rings (SSSR count). The lowest BCUT2D eigenvalue weighted by molar-refractivity contribution is 0.0880. The first-order chi connectivity index (χ1) is 9.97. The molecule has 1 aliphatic rings. The second-order valence-corrected chi connectivity index (χ2v) is 7.06. The first-order valence-corrected chi connectivity index (χ1v) is 8.33. The van der Waals surface area contributed by atoms with Crippen LogP contribution in [0.2, 0.25) is 0 Å². The van der Waals surface area contributed by atoms with Crippen LogP contribution in [0, 0.1) is 11.8 Å². The molecule has 0 amide bonds. The second kappa shape index (κ2) is 7.22. The number of carbonyl (C=O) groups is 1. The fourth-order valence-electron chi connectivity index (χ4n) is 3.13. The van der Waals surface area contributed by atoms with Crippen LogP contribution in [0.15, 0.2) is 24.3 Å². The summed E-state index contributed by atoms with van der Waals surface area (Å²) in [7, 11) is 0. The summed E-state index contributed by atoms with van der Waals surface area (Å²) in [6, 6.07) is 8.14. The Hall–Kier alpha value is -1.15. The van der Waals surface area contributed by atoms with Crippen molar-refractivity contribution in [2.45, 2.75) is 46.5 Å². The molecule has 1 aromatic rings. The van der Waals surface area contributed by atoms with Crippen molar-refractivity contribution in [1.29, 1.82) is 0 Å². The summed E-state index contributed by atoms with van der Waals surface area (Å²) in [5.41, 5.74) is 2.15. The molecule has 1 aliphatic heterocycles. The lowest BCUT2D eigenvalue weighted by Gasteiger charge is -2.33. The summed E-state index contributed by atoms with van der Waals surface area (Å²) in [6.07, 6.45) is 2.47. The Balaban J connectivity index is 1.87. The summed E-state index contributed by atoms with van der Waals surface area (Å²) in [5, 5.41) is 0. The average Bonchev–Trinajstić information content (AvgIpc) is 2.47. The summed E-state index contributed by atoms with van der Waals surface area (Å²) in [6.45, 7) is 11.7. The van der Waals surface area contributed by atoms with Gasteiger partial charge in [0, 0.05) is 5.56 Å². The summed E-state index contributed by atoms with van der Waals surface area (Å²) in [5.74, 6) is 2.38. The van der Waals surface area contributed by atoms with Gasteiger partial charge in [-0.25, -0.2) is 0 Å². The van der Waals surface area contributed by atoms with Crippen LogP contribution in [0.25, 0.3) is 0 Å². The van der Waals surface area contributed by atoms with Crippen LogP contribution >= 0.6 is 0 Å². The van der Waals surface area contributed by atoms with Gasteiger partial charge in [0.15, 0.2) is 5.78 Å². The molecule has 2 heteroatoms. The molecule has 1 aromatic carbocycles. The molecule has 0 aromatic heterocycles. The van der Waals surface area contributed by atoms with Crippen LogP contribution in [0.1, 0.15) is 62.4 Å². The van der Waals surface area contributed by atoms with E-state index in [1.54, 1.807) is 0 Å². The molecule has 1 fully saturated rings.